The zero-order valence-corrected chi connectivity index (χ0v) is 9.19. The number of ether oxygens (including phenoxy) is 1. The van der Waals surface area contributed by atoms with E-state index in [4.69, 9.17) is 4.74 Å². The number of rotatable bonds is 4. The molecular formula is C14H19O. The van der Waals surface area contributed by atoms with Crippen LogP contribution in [0.25, 0.3) is 0 Å². The first-order valence-electron chi connectivity index (χ1n) is 5.90. The van der Waals surface area contributed by atoms with E-state index in [-0.39, 0.29) is 0 Å². The van der Waals surface area contributed by atoms with E-state index in [2.05, 4.69) is 30.7 Å². The molecule has 0 bridgehead atoms. The third-order valence-electron chi connectivity index (χ3n) is 2.97. The molecule has 81 valence electrons. The zero-order valence-electron chi connectivity index (χ0n) is 9.19. The molecule has 1 saturated carbocycles. The van der Waals surface area contributed by atoms with Gasteiger partial charge in [0.2, 0.25) is 0 Å². The highest BCUT2D eigenvalue weighted by atomic mass is 16.5. The molecule has 0 heterocycles. The van der Waals surface area contributed by atoms with Crippen LogP contribution in [-0.2, 0) is 11.3 Å². The summed E-state index contributed by atoms with van der Waals surface area (Å²) in [6.45, 7) is 1.65. The van der Waals surface area contributed by atoms with E-state index in [0.717, 1.165) is 13.2 Å². The van der Waals surface area contributed by atoms with Crippen LogP contribution in [0.3, 0.4) is 0 Å². The molecular weight excluding hydrogens is 184 g/mol. The van der Waals surface area contributed by atoms with Gasteiger partial charge in [-0.15, -0.1) is 0 Å². The third kappa shape index (κ3) is 3.67. The molecule has 15 heavy (non-hydrogen) atoms. The molecule has 1 aliphatic rings. The summed E-state index contributed by atoms with van der Waals surface area (Å²) in [7, 11) is 0. The maximum atomic E-state index is 5.73. The Balaban J connectivity index is 1.66. The second-order valence-corrected chi connectivity index (χ2v) is 4.28. The fourth-order valence-corrected chi connectivity index (χ4v) is 2.08. The summed E-state index contributed by atoms with van der Waals surface area (Å²) < 4.78 is 5.73. The number of hydrogen-bond acceptors (Lipinski definition) is 1. The van der Waals surface area contributed by atoms with Crippen LogP contribution in [0.4, 0.5) is 0 Å². The van der Waals surface area contributed by atoms with Crippen LogP contribution < -0.4 is 0 Å². The van der Waals surface area contributed by atoms with Gasteiger partial charge in [-0.1, -0.05) is 43.2 Å². The van der Waals surface area contributed by atoms with Crippen molar-refractivity contribution in [2.75, 3.05) is 6.61 Å². The van der Waals surface area contributed by atoms with Crippen molar-refractivity contribution in [3.05, 3.63) is 42.3 Å². The van der Waals surface area contributed by atoms with Gasteiger partial charge in [0.15, 0.2) is 0 Å². The van der Waals surface area contributed by atoms with Gasteiger partial charge in [0.25, 0.3) is 0 Å². The largest absolute Gasteiger partial charge is 0.376 e. The molecule has 1 aliphatic carbocycles. The molecule has 0 saturated heterocycles. The normalized spacial score (nSPS) is 17.9. The Bertz CT molecular complexity index is 262. The monoisotopic (exact) mass is 203 g/mol. The lowest BCUT2D eigenvalue weighted by molar-refractivity contribution is 0.0880. The van der Waals surface area contributed by atoms with Gasteiger partial charge in [0.05, 0.1) is 13.2 Å². The van der Waals surface area contributed by atoms with E-state index in [1.807, 2.05) is 6.07 Å². The molecule has 1 aromatic carbocycles. The fraction of sp³-hybridized carbons (Fsp3) is 0.500. The highest BCUT2D eigenvalue weighted by Crippen LogP contribution is 2.22. The maximum Gasteiger partial charge on any atom is 0.0717 e. The minimum absolute atomic E-state index is 0.697. The number of benzene rings is 1. The molecule has 2 rings (SSSR count). The van der Waals surface area contributed by atoms with E-state index in [0.29, 0.717) is 5.92 Å². The van der Waals surface area contributed by atoms with E-state index in [9.17, 15) is 0 Å². The molecule has 0 N–H and O–H groups in total. The van der Waals surface area contributed by atoms with Crippen LogP contribution in [0.2, 0.25) is 0 Å². The fourth-order valence-electron chi connectivity index (χ4n) is 2.08. The Morgan fingerprint density at radius 2 is 2.00 bits per heavy atom. The first kappa shape index (κ1) is 10.7. The maximum absolute atomic E-state index is 5.73. The predicted octanol–water partition coefficient (Wildman–Crippen LogP) is 3.60. The minimum Gasteiger partial charge on any atom is -0.376 e. The topological polar surface area (TPSA) is 9.23 Å². The van der Waals surface area contributed by atoms with E-state index >= 15 is 0 Å². The summed E-state index contributed by atoms with van der Waals surface area (Å²) in [5, 5.41) is 0. The SMILES string of the molecule is [CH]1CCCCC1COCc1ccccc1. The Morgan fingerprint density at radius 3 is 2.73 bits per heavy atom. The molecule has 0 amide bonds. The van der Waals surface area contributed by atoms with Gasteiger partial charge in [-0.2, -0.15) is 0 Å². The van der Waals surface area contributed by atoms with Crippen LogP contribution in [0.5, 0.6) is 0 Å². The Hall–Kier alpha value is -0.820. The van der Waals surface area contributed by atoms with E-state index in [1.165, 1.54) is 31.2 Å². The molecule has 0 aromatic heterocycles. The Labute approximate surface area is 92.5 Å². The van der Waals surface area contributed by atoms with Gasteiger partial charge < -0.3 is 4.74 Å². The minimum atomic E-state index is 0.697. The molecule has 1 unspecified atom stereocenters. The van der Waals surface area contributed by atoms with Crippen molar-refractivity contribution in [3.8, 4) is 0 Å². The molecule has 1 aromatic rings. The van der Waals surface area contributed by atoms with E-state index < -0.39 is 0 Å². The summed E-state index contributed by atoms with van der Waals surface area (Å²) in [5.74, 6) is 0.697. The molecule has 1 radical (unpaired) electrons. The lowest BCUT2D eigenvalue weighted by atomic mass is 9.90. The Kier molecular flexibility index (Phi) is 4.22. The zero-order chi connectivity index (χ0) is 10.3. The second-order valence-electron chi connectivity index (χ2n) is 4.28. The van der Waals surface area contributed by atoms with Crippen LogP contribution in [-0.4, -0.2) is 6.61 Å². The molecule has 1 fully saturated rings. The average Bonchev–Trinajstić information content (AvgIpc) is 2.32. The van der Waals surface area contributed by atoms with Gasteiger partial charge in [-0.3, -0.25) is 0 Å². The van der Waals surface area contributed by atoms with Crippen molar-refractivity contribution in [2.24, 2.45) is 5.92 Å². The van der Waals surface area contributed by atoms with Gasteiger partial charge in [-0.05, 0) is 30.7 Å². The summed E-state index contributed by atoms with van der Waals surface area (Å²) in [6.07, 6.45) is 7.76. The first-order chi connectivity index (χ1) is 7.45. The summed E-state index contributed by atoms with van der Waals surface area (Å²) in [5.41, 5.74) is 1.27. The molecule has 1 atom stereocenters. The average molecular weight is 203 g/mol. The van der Waals surface area contributed by atoms with Crippen molar-refractivity contribution in [1.82, 2.24) is 0 Å². The van der Waals surface area contributed by atoms with Crippen molar-refractivity contribution in [3.63, 3.8) is 0 Å². The van der Waals surface area contributed by atoms with Gasteiger partial charge in [0.1, 0.15) is 0 Å². The molecule has 1 heteroatoms. The van der Waals surface area contributed by atoms with Crippen molar-refractivity contribution >= 4 is 0 Å². The standard InChI is InChI=1S/C14H19O/c1-3-7-13(8-4-1)11-15-12-14-9-5-2-6-10-14/h1,3-4,7-9,14H,2,5-6,10-12H2. The van der Waals surface area contributed by atoms with Crippen LogP contribution in [0, 0.1) is 12.3 Å². The highest BCUT2D eigenvalue weighted by Gasteiger charge is 2.13. The molecule has 0 aliphatic heterocycles. The van der Waals surface area contributed by atoms with Crippen molar-refractivity contribution in [1.29, 1.82) is 0 Å². The van der Waals surface area contributed by atoms with Gasteiger partial charge >= 0.3 is 0 Å². The third-order valence-corrected chi connectivity index (χ3v) is 2.97. The summed E-state index contributed by atoms with van der Waals surface area (Å²) >= 11 is 0. The van der Waals surface area contributed by atoms with Crippen LogP contribution in [0.1, 0.15) is 31.2 Å². The van der Waals surface area contributed by atoms with E-state index in [1.54, 1.807) is 0 Å². The van der Waals surface area contributed by atoms with Crippen molar-refractivity contribution < 1.29 is 4.74 Å². The lowest BCUT2D eigenvalue weighted by Crippen LogP contribution is -2.13. The predicted molar refractivity (Wildman–Crippen MR) is 62.4 cm³/mol. The summed E-state index contributed by atoms with van der Waals surface area (Å²) in [4.78, 5) is 0. The number of hydrogen-bond donors (Lipinski definition) is 0. The molecule has 0 spiro atoms. The first-order valence-corrected chi connectivity index (χ1v) is 5.90. The lowest BCUT2D eigenvalue weighted by Gasteiger charge is -2.20. The van der Waals surface area contributed by atoms with Gasteiger partial charge in [0, 0.05) is 0 Å². The quantitative estimate of drug-likeness (QED) is 0.726. The van der Waals surface area contributed by atoms with Gasteiger partial charge in [-0.25, -0.2) is 0 Å². The Morgan fingerprint density at radius 1 is 1.13 bits per heavy atom. The van der Waals surface area contributed by atoms with Crippen LogP contribution >= 0.6 is 0 Å². The summed E-state index contributed by atoms with van der Waals surface area (Å²) in [6, 6.07) is 10.4. The second kappa shape index (κ2) is 5.92. The van der Waals surface area contributed by atoms with Crippen molar-refractivity contribution in [2.45, 2.75) is 32.3 Å². The van der Waals surface area contributed by atoms with Crippen LogP contribution in [0.15, 0.2) is 30.3 Å². The molecule has 1 nitrogen and oxygen atoms in total. The smallest absolute Gasteiger partial charge is 0.0717 e. The highest BCUT2D eigenvalue weighted by molar-refractivity contribution is 5.13.